The van der Waals surface area contributed by atoms with Crippen LogP contribution in [0.4, 0.5) is 11.8 Å². The van der Waals surface area contributed by atoms with Crippen LogP contribution in [0.15, 0.2) is 6.20 Å². The van der Waals surface area contributed by atoms with E-state index >= 15 is 0 Å². The zero-order valence-electron chi connectivity index (χ0n) is 11.5. The van der Waals surface area contributed by atoms with Gasteiger partial charge in [0, 0.05) is 19.2 Å². The maximum Gasteiger partial charge on any atom is 0.226 e. The third-order valence-corrected chi connectivity index (χ3v) is 2.60. The normalized spacial score (nSPS) is 12.6. The zero-order valence-corrected chi connectivity index (χ0v) is 11.5. The van der Waals surface area contributed by atoms with Crippen LogP contribution in [-0.2, 0) is 4.74 Å². The van der Waals surface area contributed by atoms with Crippen LogP contribution in [0.2, 0.25) is 0 Å². The summed E-state index contributed by atoms with van der Waals surface area (Å²) in [6, 6.07) is 0.169. The van der Waals surface area contributed by atoms with Crippen LogP contribution in [0, 0.1) is 0 Å². The number of H-pyrrole nitrogens is 1. The first-order valence-corrected chi connectivity index (χ1v) is 6.53. The minimum absolute atomic E-state index is 0.169. The number of rotatable bonds is 7. The number of fused-ring (bicyclic) bond motifs is 1. The monoisotopic (exact) mass is 264 g/mol. The first-order valence-electron chi connectivity index (χ1n) is 6.53. The Hall–Kier alpha value is -1.89. The van der Waals surface area contributed by atoms with Crippen molar-refractivity contribution in [3.63, 3.8) is 0 Å². The molecule has 3 N–H and O–H groups in total. The first kappa shape index (κ1) is 13.5. The highest BCUT2D eigenvalue weighted by atomic mass is 16.5. The van der Waals surface area contributed by atoms with Gasteiger partial charge in [0.05, 0.1) is 18.2 Å². The Kier molecular flexibility index (Phi) is 4.51. The summed E-state index contributed by atoms with van der Waals surface area (Å²) in [5.74, 6) is 1.35. The van der Waals surface area contributed by atoms with Crippen molar-refractivity contribution in [2.45, 2.75) is 26.8 Å². The highest BCUT2D eigenvalue weighted by Gasteiger charge is 2.11. The number of anilines is 2. The Morgan fingerprint density at radius 1 is 1.37 bits per heavy atom. The predicted octanol–water partition coefficient (Wildman–Crippen LogP) is 1.62. The van der Waals surface area contributed by atoms with Gasteiger partial charge in [-0.3, -0.25) is 5.10 Å². The SMILES string of the molecule is CCNc1nc(NC(C)COCC)c2cn[nH]c2n1. The molecule has 0 spiro atoms. The van der Waals surface area contributed by atoms with Gasteiger partial charge < -0.3 is 15.4 Å². The Bertz CT molecular complexity index is 526. The molecule has 0 saturated heterocycles. The summed E-state index contributed by atoms with van der Waals surface area (Å²) in [7, 11) is 0. The highest BCUT2D eigenvalue weighted by molar-refractivity contribution is 5.87. The predicted molar refractivity (Wildman–Crippen MR) is 75.4 cm³/mol. The molecule has 7 nitrogen and oxygen atoms in total. The van der Waals surface area contributed by atoms with Crippen molar-refractivity contribution < 1.29 is 4.74 Å². The number of hydrogen-bond acceptors (Lipinski definition) is 6. The minimum atomic E-state index is 0.169. The van der Waals surface area contributed by atoms with Gasteiger partial charge >= 0.3 is 0 Å². The number of aromatic nitrogens is 4. The molecule has 0 aliphatic rings. The van der Waals surface area contributed by atoms with Crippen molar-refractivity contribution in [3.05, 3.63) is 6.20 Å². The van der Waals surface area contributed by atoms with Gasteiger partial charge in [0.15, 0.2) is 5.65 Å². The van der Waals surface area contributed by atoms with E-state index in [1.807, 2.05) is 13.8 Å². The largest absolute Gasteiger partial charge is 0.380 e. The molecular formula is C12H20N6O. The summed E-state index contributed by atoms with van der Waals surface area (Å²) >= 11 is 0. The summed E-state index contributed by atoms with van der Waals surface area (Å²) < 4.78 is 5.39. The molecule has 0 aliphatic carbocycles. The number of nitrogens with one attached hydrogen (secondary N) is 3. The van der Waals surface area contributed by atoms with Gasteiger partial charge in [0.25, 0.3) is 0 Å². The van der Waals surface area contributed by atoms with E-state index in [1.54, 1.807) is 6.20 Å². The van der Waals surface area contributed by atoms with Crippen molar-refractivity contribution in [1.82, 2.24) is 20.2 Å². The van der Waals surface area contributed by atoms with E-state index in [0.29, 0.717) is 19.2 Å². The van der Waals surface area contributed by atoms with Crippen molar-refractivity contribution >= 4 is 22.8 Å². The molecule has 1 atom stereocenters. The van der Waals surface area contributed by atoms with Gasteiger partial charge in [0.2, 0.25) is 5.95 Å². The lowest BCUT2D eigenvalue weighted by Gasteiger charge is -2.15. The second-order valence-electron chi connectivity index (χ2n) is 4.26. The Morgan fingerprint density at radius 3 is 2.95 bits per heavy atom. The summed E-state index contributed by atoms with van der Waals surface area (Å²) in [5.41, 5.74) is 0.719. The van der Waals surface area contributed by atoms with Crippen LogP contribution in [0.25, 0.3) is 11.0 Å². The maximum atomic E-state index is 5.39. The van der Waals surface area contributed by atoms with Crippen LogP contribution >= 0.6 is 0 Å². The molecule has 2 aromatic heterocycles. The van der Waals surface area contributed by atoms with E-state index in [0.717, 1.165) is 23.4 Å². The number of hydrogen-bond donors (Lipinski definition) is 3. The van der Waals surface area contributed by atoms with Crippen molar-refractivity contribution in [1.29, 1.82) is 0 Å². The topological polar surface area (TPSA) is 87.8 Å². The quantitative estimate of drug-likeness (QED) is 0.704. The Morgan fingerprint density at radius 2 is 2.21 bits per heavy atom. The molecule has 0 fully saturated rings. The summed E-state index contributed by atoms with van der Waals surface area (Å²) in [5, 5.41) is 14.2. The lowest BCUT2D eigenvalue weighted by atomic mass is 10.3. The fraction of sp³-hybridized carbons (Fsp3) is 0.583. The standard InChI is InChI=1S/C12H20N6O/c1-4-13-12-16-10(15-8(3)7-19-5-2)9-6-14-18-11(9)17-12/h6,8H,4-5,7H2,1-3H3,(H3,13,14,15,16,17,18). The second kappa shape index (κ2) is 6.33. The lowest BCUT2D eigenvalue weighted by molar-refractivity contribution is 0.141. The average molecular weight is 264 g/mol. The maximum absolute atomic E-state index is 5.39. The molecule has 7 heteroatoms. The van der Waals surface area contributed by atoms with E-state index in [-0.39, 0.29) is 6.04 Å². The summed E-state index contributed by atoms with van der Waals surface area (Å²) in [6.45, 7) is 8.15. The van der Waals surface area contributed by atoms with Gasteiger partial charge in [-0.2, -0.15) is 15.1 Å². The molecule has 2 aromatic rings. The Labute approximate surface area is 112 Å². The second-order valence-corrected chi connectivity index (χ2v) is 4.26. The smallest absolute Gasteiger partial charge is 0.226 e. The number of ether oxygens (including phenoxy) is 1. The highest BCUT2D eigenvalue weighted by Crippen LogP contribution is 2.20. The fourth-order valence-corrected chi connectivity index (χ4v) is 1.75. The minimum Gasteiger partial charge on any atom is -0.380 e. The van der Waals surface area contributed by atoms with Gasteiger partial charge in [-0.05, 0) is 20.8 Å². The van der Waals surface area contributed by atoms with Gasteiger partial charge in [-0.1, -0.05) is 0 Å². The van der Waals surface area contributed by atoms with E-state index < -0.39 is 0 Å². The molecule has 19 heavy (non-hydrogen) atoms. The molecular weight excluding hydrogens is 244 g/mol. The molecule has 2 rings (SSSR count). The average Bonchev–Trinajstić information content (AvgIpc) is 2.85. The Balaban J connectivity index is 2.21. The molecule has 0 aliphatic heterocycles. The zero-order chi connectivity index (χ0) is 13.7. The molecule has 0 amide bonds. The van der Waals surface area contributed by atoms with Gasteiger partial charge in [0.1, 0.15) is 5.82 Å². The lowest BCUT2D eigenvalue weighted by Crippen LogP contribution is -2.22. The van der Waals surface area contributed by atoms with Crippen LogP contribution < -0.4 is 10.6 Å². The number of aromatic amines is 1. The van der Waals surface area contributed by atoms with Crippen molar-refractivity contribution in [3.8, 4) is 0 Å². The first-order chi connectivity index (χ1) is 9.24. The fourth-order valence-electron chi connectivity index (χ4n) is 1.75. The van der Waals surface area contributed by atoms with E-state index in [2.05, 4.69) is 37.7 Å². The molecule has 0 saturated carbocycles. The summed E-state index contributed by atoms with van der Waals surface area (Å²) in [4.78, 5) is 8.81. The van der Waals surface area contributed by atoms with Crippen LogP contribution in [0.1, 0.15) is 20.8 Å². The van der Waals surface area contributed by atoms with E-state index in [9.17, 15) is 0 Å². The molecule has 0 aromatic carbocycles. The number of nitrogens with zero attached hydrogens (tertiary/aromatic N) is 3. The third-order valence-electron chi connectivity index (χ3n) is 2.60. The van der Waals surface area contributed by atoms with Crippen LogP contribution in [-0.4, -0.2) is 46.0 Å². The van der Waals surface area contributed by atoms with E-state index in [4.69, 9.17) is 4.74 Å². The van der Waals surface area contributed by atoms with Gasteiger partial charge in [-0.15, -0.1) is 0 Å². The molecule has 1 unspecified atom stereocenters. The van der Waals surface area contributed by atoms with Crippen molar-refractivity contribution in [2.24, 2.45) is 0 Å². The van der Waals surface area contributed by atoms with Crippen LogP contribution in [0.3, 0.4) is 0 Å². The molecule has 104 valence electrons. The molecule has 0 bridgehead atoms. The van der Waals surface area contributed by atoms with E-state index in [1.165, 1.54) is 0 Å². The molecule has 0 radical (unpaired) electrons. The van der Waals surface area contributed by atoms with Crippen LogP contribution in [0.5, 0.6) is 0 Å². The van der Waals surface area contributed by atoms with Gasteiger partial charge in [-0.25, -0.2) is 0 Å². The summed E-state index contributed by atoms with van der Waals surface area (Å²) in [6.07, 6.45) is 1.72. The molecule has 2 heterocycles. The third kappa shape index (κ3) is 3.31. The van der Waals surface area contributed by atoms with Crippen molar-refractivity contribution in [2.75, 3.05) is 30.4 Å².